The molecule has 5 rings (SSSR count). The summed E-state index contributed by atoms with van der Waals surface area (Å²) in [5.41, 5.74) is 7.53. The smallest absolute Gasteiger partial charge is 0.250 e. The monoisotopic (exact) mass is 508 g/mol. The Morgan fingerprint density at radius 2 is 1.97 bits per heavy atom. The van der Waals surface area contributed by atoms with Gasteiger partial charge in [-0.25, -0.2) is 18.3 Å². The number of piperidine rings is 1. The van der Waals surface area contributed by atoms with E-state index >= 15 is 0 Å². The molecule has 2 aromatic rings. The fourth-order valence-corrected chi connectivity index (χ4v) is 6.07. The van der Waals surface area contributed by atoms with E-state index in [4.69, 9.17) is 15.2 Å². The van der Waals surface area contributed by atoms with Crippen molar-refractivity contribution in [3.05, 3.63) is 24.2 Å². The average Bonchev–Trinajstić information content (AvgIpc) is 3.51. The average molecular weight is 509 g/mol. The normalized spacial score (nSPS) is 32.0. The molecule has 3 saturated heterocycles. The highest BCUT2D eigenvalue weighted by atomic mass is 19.3. The number of rotatable bonds is 7. The minimum atomic E-state index is -2.65. The second-order valence-corrected chi connectivity index (χ2v) is 11.2. The Labute approximate surface area is 210 Å². The number of likely N-dealkylation sites (tertiary alicyclic amines) is 2. The second-order valence-electron chi connectivity index (χ2n) is 11.2. The summed E-state index contributed by atoms with van der Waals surface area (Å²) in [5.74, 6) is -3.77. The van der Waals surface area contributed by atoms with Gasteiger partial charge in [-0.2, -0.15) is 5.10 Å². The van der Waals surface area contributed by atoms with Gasteiger partial charge < -0.3 is 25.2 Å². The minimum absolute atomic E-state index is 0.126. The van der Waals surface area contributed by atoms with E-state index in [-0.39, 0.29) is 30.9 Å². The molecule has 0 aromatic carbocycles. The van der Waals surface area contributed by atoms with Gasteiger partial charge in [-0.05, 0) is 51.9 Å². The number of anilines is 1. The van der Waals surface area contributed by atoms with E-state index in [1.165, 1.54) is 6.33 Å². The number of nitrogen functional groups attached to an aromatic ring is 1. The van der Waals surface area contributed by atoms with Crippen LogP contribution in [0.1, 0.15) is 58.3 Å². The highest BCUT2D eigenvalue weighted by Gasteiger charge is 2.49. The number of ether oxygens (including phenoxy) is 2. The van der Waals surface area contributed by atoms with Crippen LogP contribution in [0.15, 0.2) is 18.5 Å². The zero-order valence-corrected chi connectivity index (χ0v) is 21.3. The van der Waals surface area contributed by atoms with E-state index in [9.17, 15) is 13.9 Å². The number of fused-ring (bicyclic) bond motifs is 1. The first-order chi connectivity index (χ1) is 17.0. The van der Waals surface area contributed by atoms with E-state index in [1.807, 2.05) is 19.1 Å². The molecule has 3 N–H and O–H groups in total. The van der Waals surface area contributed by atoms with Gasteiger partial charge >= 0.3 is 0 Å². The van der Waals surface area contributed by atoms with Crippen molar-refractivity contribution in [2.45, 2.75) is 82.5 Å². The van der Waals surface area contributed by atoms with E-state index < -0.39 is 23.9 Å². The third-order valence-corrected chi connectivity index (χ3v) is 7.81. The van der Waals surface area contributed by atoms with Gasteiger partial charge in [0.15, 0.2) is 11.6 Å². The van der Waals surface area contributed by atoms with E-state index in [2.05, 4.69) is 19.9 Å². The second kappa shape index (κ2) is 9.75. The summed E-state index contributed by atoms with van der Waals surface area (Å²) in [6.07, 6.45) is 2.12. The number of hydrogen-bond acceptors (Lipinski definition) is 8. The SMILES string of the molecule is C[C@@H]1[C@H](OC(C)(C)O)[C@@H](CN2CCC(F)(F)C[C@H]2CN2CCCC2)O[C@H]1c1ccc2c(N)ncnn12. The maximum atomic E-state index is 14.4. The Morgan fingerprint density at radius 3 is 2.69 bits per heavy atom. The molecule has 0 radical (unpaired) electrons. The van der Waals surface area contributed by atoms with Crippen molar-refractivity contribution < 1.29 is 23.4 Å². The van der Waals surface area contributed by atoms with E-state index in [0.717, 1.165) is 31.6 Å². The highest BCUT2D eigenvalue weighted by Crippen LogP contribution is 2.43. The predicted octanol–water partition coefficient (Wildman–Crippen LogP) is 2.70. The van der Waals surface area contributed by atoms with Gasteiger partial charge in [-0.15, -0.1) is 0 Å². The number of hydrogen-bond donors (Lipinski definition) is 2. The van der Waals surface area contributed by atoms with Crippen molar-refractivity contribution in [1.82, 2.24) is 24.4 Å². The number of aliphatic hydroxyl groups is 1. The Balaban J connectivity index is 1.40. The van der Waals surface area contributed by atoms with Crippen molar-refractivity contribution >= 4 is 11.3 Å². The van der Waals surface area contributed by atoms with Crippen molar-refractivity contribution in [3.63, 3.8) is 0 Å². The van der Waals surface area contributed by atoms with Gasteiger partial charge in [0.2, 0.25) is 0 Å². The zero-order chi connectivity index (χ0) is 25.7. The maximum Gasteiger partial charge on any atom is 0.250 e. The number of nitrogens with zero attached hydrogens (tertiary/aromatic N) is 5. The summed E-state index contributed by atoms with van der Waals surface area (Å²) in [7, 11) is 0. The number of nitrogens with two attached hydrogens (primary N) is 1. The Morgan fingerprint density at radius 1 is 1.22 bits per heavy atom. The summed E-state index contributed by atoms with van der Waals surface area (Å²) in [5, 5.41) is 14.9. The van der Waals surface area contributed by atoms with Crippen LogP contribution in [-0.2, 0) is 9.47 Å². The molecule has 11 heteroatoms. The molecule has 0 spiro atoms. The zero-order valence-electron chi connectivity index (χ0n) is 21.3. The van der Waals surface area contributed by atoms with Gasteiger partial charge in [0.05, 0.1) is 17.9 Å². The molecule has 0 bridgehead atoms. The van der Waals surface area contributed by atoms with Crippen LogP contribution in [0.3, 0.4) is 0 Å². The van der Waals surface area contributed by atoms with Gasteiger partial charge in [-0.3, -0.25) is 4.90 Å². The largest absolute Gasteiger partial charge is 0.382 e. The lowest BCUT2D eigenvalue weighted by Crippen LogP contribution is -2.55. The van der Waals surface area contributed by atoms with Crippen molar-refractivity contribution in [2.75, 3.05) is 38.5 Å². The molecule has 2 aromatic heterocycles. The van der Waals surface area contributed by atoms with Crippen LogP contribution in [0.4, 0.5) is 14.6 Å². The molecule has 9 nitrogen and oxygen atoms in total. The molecule has 3 aliphatic rings. The Hall–Kier alpha value is -1.92. The molecule has 0 aliphatic carbocycles. The molecular formula is C25H38F2N6O3. The van der Waals surface area contributed by atoms with Crippen LogP contribution < -0.4 is 5.73 Å². The van der Waals surface area contributed by atoms with E-state index in [0.29, 0.717) is 31.0 Å². The first-order valence-corrected chi connectivity index (χ1v) is 13.0. The lowest BCUT2D eigenvalue weighted by molar-refractivity contribution is -0.222. The molecule has 3 fully saturated rings. The number of aromatic nitrogens is 3. The predicted molar refractivity (Wildman–Crippen MR) is 131 cm³/mol. The van der Waals surface area contributed by atoms with Crippen LogP contribution in [0, 0.1) is 5.92 Å². The lowest BCUT2D eigenvalue weighted by Gasteiger charge is -2.42. The van der Waals surface area contributed by atoms with Crippen LogP contribution >= 0.6 is 0 Å². The van der Waals surface area contributed by atoms with E-state index in [1.54, 1.807) is 18.4 Å². The third kappa shape index (κ3) is 5.35. The molecule has 200 valence electrons. The van der Waals surface area contributed by atoms with Gasteiger partial charge in [-0.1, -0.05) is 6.92 Å². The molecule has 0 unspecified atom stereocenters. The van der Waals surface area contributed by atoms with Crippen molar-refractivity contribution in [1.29, 1.82) is 0 Å². The molecular weight excluding hydrogens is 470 g/mol. The molecule has 0 saturated carbocycles. The summed E-state index contributed by atoms with van der Waals surface area (Å²) < 4.78 is 43.3. The first-order valence-electron chi connectivity index (χ1n) is 13.0. The summed E-state index contributed by atoms with van der Waals surface area (Å²) in [4.78, 5) is 8.50. The van der Waals surface area contributed by atoms with Crippen molar-refractivity contribution in [3.8, 4) is 0 Å². The summed E-state index contributed by atoms with van der Waals surface area (Å²) >= 11 is 0. The Bertz CT molecular complexity index is 1050. The summed E-state index contributed by atoms with van der Waals surface area (Å²) in [6.45, 7) is 8.55. The van der Waals surface area contributed by atoms with Crippen LogP contribution in [0.2, 0.25) is 0 Å². The summed E-state index contributed by atoms with van der Waals surface area (Å²) in [6, 6.07) is 3.52. The van der Waals surface area contributed by atoms with Crippen LogP contribution in [0.25, 0.3) is 5.52 Å². The molecule has 3 aliphatic heterocycles. The molecule has 5 heterocycles. The van der Waals surface area contributed by atoms with Gasteiger partial charge in [0.25, 0.3) is 5.92 Å². The minimum Gasteiger partial charge on any atom is -0.382 e. The van der Waals surface area contributed by atoms with Crippen LogP contribution in [0.5, 0.6) is 0 Å². The Kier molecular flexibility index (Phi) is 6.97. The number of halogens is 2. The topological polar surface area (TPSA) is 101 Å². The fraction of sp³-hybridized carbons (Fsp3) is 0.760. The fourth-order valence-electron chi connectivity index (χ4n) is 6.07. The van der Waals surface area contributed by atoms with Gasteiger partial charge in [0.1, 0.15) is 17.9 Å². The third-order valence-electron chi connectivity index (χ3n) is 7.81. The van der Waals surface area contributed by atoms with Crippen molar-refractivity contribution in [2.24, 2.45) is 5.92 Å². The molecule has 0 amide bonds. The maximum absolute atomic E-state index is 14.4. The quantitative estimate of drug-likeness (QED) is 0.551. The number of alkyl halides is 2. The molecule has 36 heavy (non-hydrogen) atoms. The molecule has 5 atom stereocenters. The lowest BCUT2D eigenvalue weighted by atomic mass is 9.93. The standard InChI is InChI=1S/C25H38F2N6O3/c1-16-21(18-6-7-19-23(28)29-15-30-33(18)19)35-20(22(16)36-24(2,3)34)14-32-11-8-25(26,27)12-17(32)13-31-9-4-5-10-31/h6-7,15-17,20-22,34H,4-5,8-14H2,1-3H3,(H2,28,29,30)/t16-,17-,20+,21+,22-/m0/s1. The van der Waals surface area contributed by atoms with Crippen LogP contribution in [-0.4, -0.2) is 92.2 Å². The first kappa shape index (κ1) is 25.7. The highest BCUT2D eigenvalue weighted by molar-refractivity contribution is 5.65. The van der Waals surface area contributed by atoms with Gasteiger partial charge in [0, 0.05) is 44.4 Å².